The molecule has 1 N–H and O–H groups in total. The Balaban J connectivity index is 1.78. The number of halogens is 1. The molecule has 1 aromatic heterocycles. The van der Waals surface area contributed by atoms with Crippen LogP contribution >= 0.6 is 11.6 Å². The topological polar surface area (TPSA) is 41.1 Å². The van der Waals surface area contributed by atoms with Crippen LogP contribution in [0, 0.1) is 6.92 Å². The summed E-state index contributed by atoms with van der Waals surface area (Å²) in [5, 5.41) is 3.65. The predicted molar refractivity (Wildman–Crippen MR) is 75.2 cm³/mol. The van der Waals surface area contributed by atoms with Crippen LogP contribution in [0.4, 0.5) is 5.82 Å². The first-order valence-corrected chi connectivity index (χ1v) is 7.09. The zero-order valence-electron chi connectivity index (χ0n) is 11.0. The van der Waals surface area contributed by atoms with Crippen molar-refractivity contribution in [3.05, 3.63) is 17.0 Å². The molecule has 2 heterocycles. The third-order valence-corrected chi connectivity index (χ3v) is 3.54. The van der Waals surface area contributed by atoms with Crippen molar-refractivity contribution >= 4 is 17.4 Å². The minimum Gasteiger partial charge on any atom is -0.368 e. The highest BCUT2D eigenvalue weighted by atomic mass is 35.5. The Bertz CT molecular complexity index is 375. The molecule has 0 unspecified atom stereocenters. The van der Waals surface area contributed by atoms with E-state index >= 15 is 0 Å². The van der Waals surface area contributed by atoms with Gasteiger partial charge in [-0.05, 0) is 44.5 Å². The number of hydrogen-bond donors (Lipinski definition) is 1. The Kier molecular flexibility index (Phi) is 5.20. The molecule has 1 fully saturated rings. The first-order chi connectivity index (χ1) is 8.75. The van der Waals surface area contributed by atoms with E-state index < -0.39 is 0 Å². The maximum Gasteiger partial charge on any atom is 0.224 e. The van der Waals surface area contributed by atoms with E-state index in [1.54, 1.807) is 6.20 Å². The lowest BCUT2D eigenvalue weighted by Gasteiger charge is -2.20. The minimum atomic E-state index is 0.304. The van der Waals surface area contributed by atoms with Crippen molar-refractivity contribution in [3.8, 4) is 0 Å². The molecule has 4 nitrogen and oxygen atoms in total. The molecule has 1 aromatic rings. The lowest BCUT2D eigenvalue weighted by molar-refractivity contribution is 0.296. The van der Waals surface area contributed by atoms with E-state index in [4.69, 9.17) is 11.6 Å². The van der Waals surface area contributed by atoms with E-state index in [1.165, 1.54) is 38.8 Å². The Labute approximate surface area is 114 Å². The van der Waals surface area contributed by atoms with Gasteiger partial charge in [0.1, 0.15) is 5.82 Å². The zero-order chi connectivity index (χ0) is 12.8. The van der Waals surface area contributed by atoms with E-state index in [0.717, 1.165) is 24.5 Å². The van der Waals surface area contributed by atoms with E-state index in [9.17, 15) is 0 Å². The fraction of sp³-hybridized carbons (Fsp3) is 0.692. The Morgan fingerprint density at radius 3 is 2.72 bits per heavy atom. The van der Waals surface area contributed by atoms with E-state index in [0.29, 0.717) is 5.28 Å². The molecular weight excluding hydrogens is 248 g/mol. The summed E-state index contributed by atoms with van der Waals surface area (Å²) < 4.78 is 0. The van der Waals surface area contributed by atoms with Crippen LogP contribution in [-0.4, -0.2) is 41.0 Å². The first-order valence-electron chi connectivity index (χ1n) is 6.71. The number of nitrogens with one attached hydrogen (secondary N) is 1. The second-order valence-electron chi connectivity index (χ2n) is 4.85. The molecule has 18 heavy (non-hydrogen) atoms. The lowest BCUT2D eigenvalue weighted by atomic mass is 10.2. The molecule has 0 atom stereocenters. The van der Waals surface area contributed by atoms with Gasteiger partial charge in [-0.15, -0.1) is 0 Å². The fourth-order valence-corrected chi connectivity index (χ4v) is 2.42. The molecule has 1 saturated heterocycles. The smallest absolute Gasteiger partial charge is 0.224 e. The van der Waals surface area contributed by atoms with Gasteiger partial charge in [0, 0.05) is 24.8 Å². The molecule has 0 aliphatic carbocycles. The Hall–Kier alpha value is -0.870. The zero-order valence-corrected chi connectivity index (χ0v) is 11.7. The van der Waals surface area contributed by atoms with Gasteiger partial charge in [0.15, 0.2) is 0 Å². The van der Waals surface area contributed by atoms with Gasteiger partial charge < -0.3 is 10.2 Å². The summed E-state index contributed by atoms with van der Waals surface area (Å²) in [5.74, 6) is 0.852. The van der Waals surface area contributed by atoms with Gasteiger partial charge in [0.25, 0.3) is 0 Å². The molecule has 0 aromatic carbocycles. The van der Waals surface area contributed by atoms with Crippen LogP contribution in [-0.2, 0) is 0 Å². The number of rotatable bonds is 4. The number of aryl methyl sites for hydroxylation is 1. The highest BCUT2D eigenvalue weighted by Gasteiger charge is 2.08. The van der Waals surface area contributed by atoms with Crippen molar-refractivity contribution in [1.82, 2.24) is 14.9 Å². The number of likely N-dealkylation sites (tertiary alicyclic amines) is 1. The van der Waals surface area contributed by atoms with Crippen LogP contribution in [0.15, 0.2) is 6.20 Å². The van der Waals surface area contributed by atoms with Gasteiger partial charge >= 0.3 is 0 Å². The van der Waals surface area contributed by atoms with Crippen molar-refractivity contribution in [3.63, 3.8) is 0 Å². The Morgan fingerprint density at radius 1 is 1.28 bits per heavy atom. The Morgan fingerprint density at radius 2 is 2.00 bits per heavy atom. The quantitative estimate of drug-likeness (QED) is 0.853. The third kappa shape index (κ3) is 4.10. The first kappa shape index (κ1) is 13.6. The average Bonchev–Trinajstić information content (AvgIpc) is 2.62. The monoisotopic (exact) mass is 268 g/mol. The standard InChI is InChI=1S/C13H21ClN4/c1-11-10-16-13(14)17-12(11)15-6-9-18-7-4-2-3-5-8-18/h10H,2-9H2,1H3,(H,15,16,17). The lowest BCUT2D eigenvalue weighted by Crippen LogP contribution is -2.30. The molecule has 1 aliphatic heterocycles. The molecule has 1 aliphatic rings. The number of hydrogen-bond acceptors (Lipinski definition) is 4. The maximum absolute atomic E-state index is 5.79. The SMILES string of the molecule is Cc1cnc(Cl)nc1NCCN1CCCCCC1. The average molecular weight is 269 g/mol. The van der Waals surface area contributed by atoms with Crippen LogP contribution in [0.3, 0.4) is 0 Å². The summed E-state index contributed by atoms with van der Waals surface area (Å²) in [6.07, 6.45) is 7.18. The number of anilines is 1. The van der Waals surface area contributed by atoms with Gasteiger partial charge in [-0.3, -0.25) is 0 Å². The van der Waals surface area contributed by atoms with E-state index in [1.807, 2.05) is 6.92 Å². The molecule has 0 bridgehead atoms. The molecule has 0 radical (unpaired) electrons. The largest absolute Gasteiger partial charge is 0.368 e. The molecule has 0 saturated carbocycles. The van der Waals surface area contributed by atoms with Crippen molar-refractivity contribution in [1.29, 1.82) is 0 Å². The van der Waals surface area contributed by atoms with E-state index in [-0.39, 0.29) is 0 Å². The summed E-state index contributed by atoms with van der Waals surface area (Å²) in [6, 6.07) is 0. The maximum atomic E-state index is 5.79. The van der Waals surface area contributed by atoms with Gasteiger partial charge in [-0.25, -0.2) is 9.97 Å². The predicted octanol–water partition coefficient (Wildman–Crippen LogP) is 2.73. The van der Waals surface area contributed by atoms with Crippen molar-refractivity contribution in [2.45, 2.75) is 32.6 Å². The second-order valence-corrected chi connectivity index (χ2v) is 5.19. The number of aromatic nitrogens is 2. The highest BCUT2D eigenvalue weighted by Crippen LogP contribution is 2.13. The molecule has 0 spiro atoms. The van der Waals surface area contributed by atoms with Crippen molar-refractivity contribution in [2.24, 2.45) is 0 Å². The number of nitrogens with zero attached hydrogens (tertiary/aromatic N) is 3. The summed E-state index contributed by atoms with van der Waals surface area (Å²) in [7, 11) is 0. The summed E-state index contributed by atoms with van der Waals surface area (Å²) in [5.41, 5.74) is 1.04. The third-order valence-electron chi connectivity index (χ3n) is 3.36. The molecule has 5 heteroatoms. The summed E-state index contributed by atoms with van der Waals surface area (Å²) in [4.78, 5) is 10.7. The molecule has 2 rings (SSSR count). The summed E-state index contributed by atoms with van der Waals surface area (Å²) in [6.45, 7) is 6.43. The second kappa shape index (κ2) is 6.90. The van der Waals surface area contributed by atoms with Gasteiger partial charge in [0.05, 0.1) is 0 Å². The van der Waals surface area contributed by atoms with Crippen LogP contribution in [0.5, 0.6) is 0 Å². The van der Waals surface area contributed by atoms with Crippen LogP contribution < -0.4 is 5.32 Å². The van der Waals surface area contributed by atoms with Gasteiger partial charge in [-0.2, -0.15) is 0 Å². The van der Waals surface area contributed by atoms with Crippen LogP contribution in [0.2, 0.25) is 5.28 Å². The van der Waals surface area contributed by atoms with Gasteiger partial charge in [0.2, 0.25) is 5.28 Å². The van der Waals surface area contributed by atoms with Gasteiger partial charge in [-0.1, -0.05) is 12.8 Å². The van der Waals surface area contributed by atoms with Crippen molar-refractivity contribution < 1.29 is 0 Å². The van der Waals surface area contributed by atoms with E-state index in [2.05, 4.69) is 20.2 Å². The van der Waals surface area contributed by atoms with Crippen LogP contribution in [0.25, 0.3) is 0 Å². The minimum absolute atomic E-state index is 0.304. The molecule has 0 amide bonds. The molecule has 100 valence electrons. The fourth-order valence-electron chi connectivity index (χ4n) is 2.29. The highest BCUT2D eigenvalue weighted by molar-refractivity contribution is 6.28. The molecular formula is C13H21ClN4. The normalized spacial score (nSPS) is 17.4. The summed E-state index contributed by atoms with van der Waals surface area (Å²) >= 11 is 5.79. The van der Waals surface area contributed by atoms with Crippen molar-refractivity contribution in [2.75, 3.05) is 31.5 Å². The van der Waals surface area contributed by atoms with Crippen LogP contribution in [0.1, 0.15) is 31.2 Å².